The van der Waals surface area contributed by atoms with E-state index < -0.39 is 5.97 Å². The maximum atomic E-state index is 11.8. The van der Waals surface area contributed by atoms with Crippen molar-refractivity contribution in [2.45, 2.75) is 90.4 Å². The number of aliphatic carboxylic acids is 1. The second-order valence-corrected chi connectivity index (χ2v) is 7.86. The summed E-state index contributed by atoms with van der Waals surface area (Å²) in [7, 11) is 3.53. The summed E-state index contributed by atoms with van der Waals surface area (Å²) in [4.78, 5) is 22.4. The summed E-state index contributed by atoms with van der Waals surface area (Å²) in [6.07, 6.45) is 15.9. The third-order valence-corrected chi connectivity index (χ3v) is 4.52. The van der Waals surface area contributed by atoms with E-state index in [0.717, 1.165) is 12.8 Å². The lowest BCUT2D eigenvalue weighted by Gasteiger charge is -2.29. The number of carboxylic acids is 1. The quantitative estimate of drug-likeness (QED) is 0.247. The van der Waals surface area contributed by atoms with Crippen LogP contribution in [0.1, 0.15) is 90.4 Å². The molecule has 148 valence electrons. The van der Waals surface area contributed by atoms with E-state index >= 15 is 0 Å². The first-order chi connectivity index (χ1) is 11.9. The maximum Gasteiger partial charge on any atom is 0.224 e. The molecule has 0 aromatic heterocycles. The first-order valence-electron chi connectivity index (χ1n) is 10.2. The number of unbranched alkanes of at least 4 members (excludes halogenated alkanes) is 11. The number of carboxylic acid groups (broad SMARTS) is 1. The molecule has 0 rings (SSSR count). The molecule has 0 atom stereocenters. The molecule has 0 aromatic carbocycles. The van der Waals surface area contributed by atoms with E-state index in [1.54, 1.807) is 14.1 Å². The van der Waals surface area contributed by atoms with Crippen LogP contribution in [0.4, 0.5) is 0 Å². The van der Waals surface area contributed by atoms with Crippen LogP contribution in [0.2, 0.25) is 0 Å². The van der Waals surface area contributed by atoms with Crippen molar-refractivity contribution in [2.24, 2.45) is 0 Å². The van der Waals surface area contributed by atoms with Crippen LogP contribution in [0.25, 0.3) is 0 Å². The molecule has 0 spiro atoms. The van der Waals surface area contributed by atoms with Gasteiger partial charge in [-0.3, -0.25) is 4.79 Å². The van der Waals surface area contributed by atoms with Crippen LogP contribution in [0.15, 0.2) is 0 Å². The Morgan fingerprint density at radius 3 is 1.68 bits per heavy atom. The number of carbonyl (C=O) groups is 2. The molecule has 25 heavy (non-hydrogen) atoms. The molecule has 0 fully saturated rings. The second kappa shape index (κ2) is 15.2. The molecule has 0 unspecified atom stereocenters. The highest BCUT2D eigenvalue weighted by Gasteiger charge is 2.16. The topological polar surface area (TPSA) is 69.2 Å². The standard InChI is InChI=1S/C20H40N2O3/c1-4-5-6-7-8-9-10-11-12-13-14-15-16-19(23)21-18-22(2,3)17-20(24)25/h4-18H2,1-3H3,(H-,21,23,24,25). The van der Waals surface area contributed by atoms with Crippen LogP contribution in [-0.4, -0.2) is 43.7 Å². The molecule has 0 aromatic rings. The lowest BCUT2D eigenvalue weighted by Crippen LogP contribution is -2.53. The molecule has 0 heterocycles. The van der Waals surface area contributed by atoms with Gasteiger partial charge in [0, 0.05) is 6.42 Å². The van der Waals surface area contributed by atoms with E-state index in [9.17, 15) is 14.7 Å². The number of hydrogen-bond acceptors (Lipinski definition) is 3. The van der Waals surface area contributed by atoms with Crippen LogP contribution >= 0.6 is 0 Å². The first-order valence-corrected chi connectivity index (χ1v) is 10.2. The minimum Gasteiger partial charge on any atom is -0.544 e. The Labute approximate surface area is 154 Å². The van der Waals surface area contributed by atoms with Gasteiger partial charge in [-0.15, -0.1) is 0 Å². The van der Waals surface area contributed by atoms with Crippen LogP contribution in [0.5, 0.6) is 0 Å². The molecular formula is C20H40N2O3. The average Bonchev–Trinajstić information content (AvgIpc) is 2.53. The molecule has 0 radical (unpaired) electrons. The Morgan fingerprint density at radius 1 is 0.800 bits per heavy atom. The van der Waals surface area contributed by atoms with E-state index in [4.69, 9.17) is 0 Å². The molecule has 0 saturated heterocycles. The third kappa shape index (κ3) is 17.5. The van der Waals surface area contributed by atoms with Gasteiger partial charge in [0.15, 0.2) is 6.67 Å². The van der Waals surface area contributed by atoms with Gasteiger partial charge in [0.05, 0.1) is 20.1 Å². The number of rotatable bonds is 17. The van der Waals surface area contributed by atoms with Crippen LogP contribution < -0.4 is 10.4 Å². The summed E-state index contributed by atoms with van der Waals surface area (Å²) in [5, 5.41) is 13.4. The fourth-order valence-corrected chi connectivity index (χ4v) is 2.92. The Bertz CT molecular complexity index is 357. The number of nitrogens with zero attached hydrogens (tertiary/aromatic N) is 1. The van der Waals surface area contributed by atoms with E-state index in [1.807, 2.05) is 0 Å². The van der Waals surface area contributed by atoms with Gasteiger partial charge in [0.1, 0.15) is 6.54 Å². The lowest BCUT2D eigenvalue weighted by atomic mass is 10.0. The summed E-state index contributed by atoms with van der Waals surface area (Å²) >= 11 is 0. The van der Waals surface area contributed by atoms with E-state index in [2.05, 4.69) is 12.2 Å². The highest BCUT2D eigenvalue weighted by Crippen LogP contribution is 2.12. The van der Waals surface area contributed by atoms with Gasteiger partial charge < -0.3 is 19.7 Å². The fourth-order valence-electron chi connectivity index (χ4n) is 2.92. The first kappa shape index (κ1) is 23.9. The normalized spacial score (nSPS) is 11.5. The smallest absolute Gasteiger partial charge is 0.224 e. The molecule has 0 aliphatic heterocycles. The van der Waals surface area contributed by atoms with Crippen molar-refractivity contribution in [2.75, 3.05) is 27.3 Å². The molecule has 0 saturated carbocycles. The summed E-state index contributed by atoms with van der Waals surface area (Å²) in [5.41, 5.74) is 0. The minimum atomic E-state index is -1.10. The zero-order valence-corrected chi connectivity index (χ0v) is 16.8. The van der Waals surface area contributed by atoms with Crippen molar-refractivity contribution < 1.29 is 19.2 Å². The van der Waals surface area contributed by atoms with Crippen molar-refractivity contribution in [1.82, 2.24) is 5.32 Å². The van der Waals surface area contributed by atoms with Gasteiger partial charge in [-0.1, -0.05) is 77.6 Å². The van der Waals surface area contributed by atoms with Crippen molar-refractivity contribution in [3.8, 4) is 0 Å². The van der Waals surface area contributed by atoms with Crippen molar-refractivity contribution in [3.63, 3.8) is 0 Å². The summed E-state index contributed by atoms with van der Waals surface area (Å²) in [6.45, 7) is 2.48. The Morgan fingerprint density at radius 2 is 1.24 bits per heavy atom. The zero-order valence-electron chi connectivity index (χ0n) is 16.8. The minimum absolute atomic E-state index is 0.0108. The molecule has 1 N–H and O–H groups in total. The second-order valence-electron chi connectivity index (χ2n) is 7.86. The molecule has 5 nitrogen and oxygen atoms in total. The van der Waals surface area contributed by atoms with Gasteiger partial charge >= 0.3 is 0 Å². The van der Waals surface area contributed by atoms with Crippen molar-refractivity contribution in [1.29, 1.82) is 0 Å². The van der Waals surface area contributed by atoms with Crippen LogP contribution in [-0.2, 0) is 9.59 Å². The van der Waals surface area contributed by atoms with Gasteiger partial charge in [-0.2, -0.15) is 0 Å². The highest BCUT2D eigenvalue weighted by atomic mass is 16.4. The number of quaternary nitrogens is 1. The number of carbonyl (C=O) groups excluding carboxylic acids is 2. The van der Waals surface area contributed by atoms with E-state index in [1.165, 1.54) is 64.2 Å². The fraction of sp³-hybridized carbons (Fsp3) is 0.900. The summed E-state index contributed by atoms with van der Waals surface area (Å²) < 4.78 is 0.201. The number of amides is 1. The maximum absolute atomic E-state index is 11.8. The van der Waals surface area contributed by atoms with E-state index in [-0.39, 0.29) is 16.9 Å². The average molecular weight is 357 g/mol. The van der Waals surface area contributed by atoms with Crippen molar-refractivity contribution >= 4 is 11.9 Å². The van der Waals surface area contributed by atoms with E-state index in [0.29, 0.717) is 13.1 Å². The molecule has 5 heteroatoms. The summed E-state index contributed by atoms with van der Waals surface area (Å²) in [5.74, 6) is -1.09. The zero-order chi connectivity index (χ0) is 19.0. The third-order valence-electron chi connectivity index (χ3n) is 4.52. The Hall–Kier alpha value is -1.10. The molecule has 0 aliphatic rings. The predicted octanol–water partition coefficient (Wildman–Crippen LogP) is 2.98. The number of nitrogens with one attached hydrogen (secondary N) is 1. The van der Waals surface area contributed by atoms with Crippen LogP contribution in [0, 0.1) is 0 Å². The molecular weight excluding hydrogens is 316 g/mol. The molecule has 1 amide bonds. The SMILES string of the molecule is CCCCCCCCCCCCCCC(=O)NC[N+](C)(C)CC(=O)[O-]. The number of hydrogen-bond donors (Lipinski definition) is 1. The molecule has 0 aliphatic carbocycles. The van der Waals surface area contributed by atoms with Gasteiger partial charge in [-0.05, 0) is 6.42 Å². The van der Waals surface area contributed by atoms with Gasteiger partial charge in [0.2, 0.25) is 5.91 Å². The number of likely N-dealkylation sites (N-methyl/N-ethyl adjacent to an activating group) is 1. The summed E-state index contributed by atoms with van der Waals surface area (Å²) in [6, 6.07) is 0. The monoisotopic (exact) mass is 356 g/mol. The Kier molecular flexibility index (Phi) is 14.5. The highest BCUT2D eigenvalue weighted by molar-refractivity contribution is 5.75. The lowest BCUT2D eigenvalue weighted by molar-refractivity contribution is -0.886. The predicted molar refractivity (Wildman–Crippen MR) is 101 cm³/mol. The van der Waals surface area contributed by atoms with Gasteiger partial charge in [-0.25, -0.2) is 0 Å². The van der Waals surface area contributed by atoms with Crippen molar-refractivity contribution in [3.05, 3.63) is 0 Å². The van der Waals surface area contributed by atoms with Crippen LogP contribution in [0.3, 0.4) is 0 Å². The van der Waals surface area contributed by atoms with Gasteiger partial charge in [0.25, 0.3) is 0 Å². The largest absolute Gasteiger partial charge is 0.544 e. The Balaban J connectivity index is 3.39. The molecule has 0 bridgehead atoms.